The number of hydrogen-bond acceptors (Lipinski definition) is 4. The van der Waals surface area contributed by atoms with Crippen LogP contribution in [0, 0.1) is 17.2 Å². The van der Waals surface area contributed by atoms with Crippen molar-refractivity contribution in [3.8, 4) is 6.07 Å². The average molecular weight is 244 g/mol. The SMILES string of the molecule is CN(Cc1ccnc(C#N)c1)C1CCCC1CN. The molecule has 18 heavy (non-hydrogen) atoms. The summed E-state index contributed by atoms with van der Waals surface area (Å²) in [6.45, 7) is 1.63. The number of nitrogens with zero attached hydrogens (tertiary/aromatic N) is 3. The highest BCUT2D eigenvalue weighted by atomic mass is 15.1. The first kappa shape index (κ1) is 13.0. The van der Waals surface area contributed by atoms with Crippen LogP contribution in [-0.4, -0.2) is 29.5 Å². The van der Waals surface area contributed by atoms with Gasteiger partial charge in [0.25, 0.3) is 0 Å². The third-order valence-corrected chi connectivity index (χ3v) is 3.86. The molecule has 0 spiro atoms. The second-order valence-electron chi connectivity index (χ2n) is 5.07. The van der Waals surface area contributed by atoms with E-state index in [1.807, 2.05) is 12.1 Å². The highest BCUT2D eigenvalue weighted by Gasteiger charge is 2.29. The van der Waals surface area contributed by atoms with Crippen molar-refractivity contribution in [1.29, 1.82) is 5.26 Å². The van der Waals surface area contributed by atoms with E-state index in [1.54, 1.807) is 6.20 Å². The molecule has 0 bridgehead atoms. The number of rotatable bonds is 4. The van der Waals surface area contributed by atoms with Crippen molar-refractivity contribution >= 4 is 0 Å². The molecule has 4 nitrogen and oxygen atoms in total. The van der Waals surface area contributed by atoms with Gasteiger partial charge in [0.1, 0.15) is 11.8 Å². The monoisotopic (exact) mass is 244 g/mol. The van der Waals surface area contributed by atoms with Crippen LogP contribution < -0.4 is 5.73 Å². The number of nitriles is 1. The molecule has 2 rings (SSSR count). The van der Waals surface area contributed by atoms with Gasteiger partial charge >= 0.3 is 0 Å². The van der Waals surface area contributed by atoms with Crippen LogP contribution in [0.3, 0.4) is 0 Å². The molecule has 2 N–H and O–H groups in total. The second-order valence-corrected chi connectivity index (χ2v) is 5.07. The standard InChI is InChI=1S/C14H20N4/c1-18(14-4-2-3-12(14)8-15)10-11-5-6-17-13(7-11)9-16/h5-7,12,14H,2-4,8,10,15H2,1H3. The fourth-order valence-corrected chi connectivity index (χ4v) is 2.91. The zero-order valence-electron chi connectivity index (χ0n) is 10.8. The van der Waals surface area contributed by atoms with Gasteiger partial charge in [-0.3, -0.25) is 4.90 Å². The van der Waals surface area contributed by atoms with Crippen LogP contribution in [-0.2, 0) is 6.54 Å². The van der Waals surface area contributed by atoms with E-state index in [9.17, 15) is 0 Å². The number of pyridine rings is 1. The summed E-state index contributed by atoms with van der Waals surface area (Å²) in [5.41, 5.74) is 7.46. The molecule has 1 fully saturated rings. The zero-order chi connectivity index (χ0) is 13.0. The Balaban J connectivity index is 2.02. The van der Waals surface area contributed by atoms with Crippen molar-refractivity contribution in [3.05, 3.63) is 29.6 Å². The van der Waals surface area contributed by atoms with Crippen LogP contribution in [0.25, 0.3) is 0 Å². The first-order chi connectivity index (χ1) is 8.74. The lowest BCUT2D eigenvalue weighted by Crippen LogP contribution is -2.37. The smallest absolute Gasteiger partial charge is 0.140 e. The van der Waals surface area contributed by atoms with E-state index in [2.05, 4.69) is 23.0 Å². The number of aromatic nitrogens is 1. The highest BCUT2D eigenvalue weighted by Crippen LogP contribution is 2.29. The fourth-order valence-electron chi connectivity index (χ4n) is 2.91. The Morgan fingerprint density at radius 1 is 1.56 bits per heavy atom. The molecule has 1 saturated carbocycles. The predicted molar refractivity (Wildman–Crippen MR) is 70.6 cm³/mol. The van der Waals surface area contributed by atoms with Crippen molar-refractivity contribution in [2.24, 2.45) is 11.7 Å². The Kier molecular flexibility index (Phi) is 4.29. The molecule has 1 aromatic rings. The van der Waals surface area contributed by atoms with Gasteiger partial charge in [0.15, 0.2) is 0 Å². The van der Waals surface area contributed by atoms with Crippen LogP contribution in [0.1, 0.15) is 30.5 Å². The molecule has 1 heterocycles. The first-order valence-electron chi connectivity index (χ1n) is 6.50. The lowest BCUT2D eigenvalue weighted by atomic mass is 10.0. The van der Waals surface area contributed by atoms with Crippen LogP contribution in [0.2, 0.25) is 0 Å². The Bertz CT molecular complexity index is 438. The lowest BCUT2D eigenvalue weighted by molar-refractivity contribution is 0.193. The van der Waals surface area contributed by atoms with E-state index in [1.165, 1.54) is 19.3 Å². The van der Waals surface area contributed by atoms with Crippen molar-refractivity contribution in [3.63, 3.8) is 0 Å². The fraction of sp³-hybridized carbons (Fsp3) is 0.571. The summed E-state index contributed by atoms with van der Waals surface area (Å²) < 4.78 is 0. The van der Waals surface area contributed by atoms with Crippen LogP contribution in [0.15, 0.2) is 18.3 Å². The Morgan fingerprint density at radius 3 is 3.11 bits per heavy atom. The van der Waals surface area contributed by atoms with Crippen LogP contribution >= 0.6 is 0 Å². The minimum absolute atomic E-state index is 0.489. The van der Waals surface area contributed by atoms with Gasteiger partial charge in [-0.1, -0.05) is 6.42 Å². The number of hydrogen-bond donors (Lipinski definition) is 1. The molecule has 0 aromatic carbocycles. The van der Waals surface area contributed by atoms with E-state index in [-0.39, 0.29) is 0 Å². The maximum Gasteiger partial charge on any atom is 0.140 e. The van der Waals surface area contributed by atoms with Gasteiger partial charge in [-0.25, -0.2) is 4.98 Å². The summed E-state index contributed by atoms with van der Waals surface area (Å²) in [6, 6.07) is 6.50. The summed E-state index contributed by atoms with van der Waals surface area (Å²) in [5, 5.41) is 8.85. The Labute approximate surface area is 108 Å². The molecule has 2 atom stereocenters. The van der Waals surface area contributed by atoms with Gasteiger partial charge in [-0.15, -0.1) is 0 Å². The Morgan fingerprint density at radius 2 is 2.39 bits per heavy atom. The van der Waals surface area contributed by atoms with Gasteiger partial charge in [0.2, 0.25) is 0 Å². The lowest BCUT2D eigenvalue weighted by Gasteiger charge is -2.29. The van der Waals surface area contributed by atoms with Crippen LogP contribution in [0.4, 0.5) is 0 Å². The first-order valence-corrected chi connectivity index (χ1v) is 6.50. The zero-order valence-corrected chi connectivity index (χ0v) is 10.8. The quantitative estimate of drug-likeness (QED) is 0.872. The van der Waals surface area contributed by atoms with E-state index in [4.69, 9.17) is 11.0 Å². The largest absolute Gasteiger partial charge is 0.330 e. The van der Waals surface area contributed by atoms with Crippen molar-refractivity contribution < 1.29 is 0 Å². The summed E-state index contributed by atoms with van der Waals surface area (Å²) >= 11 is 0. The minimum atomic E-state index is 0.489. The topological polar surface area (TPSA) is 65.9 Å². The maximum atomic E-state index is 8.85. The van der Waals surface area contributed by atoms with Crippen molar-refractivity contribution in [1.82, 2.24) is 9.88 Å². The summed E-state index contributed by atoms with van der Waals surface area (Å²) in [6.07, 6.45) is 5.45. The molecular formula is C14H20N4. The van der Waals surface area contributed by atoms with Crippen LogP contribution in [0.5, 0.6) is 0 Å². The molecule has 2 unspecified atom stereocenters. The van der Waals surface area contributed by atoms with Crippen molar-refractivity contribution in [2.45, 2.75) is 31.8 Å². The van der Waals surface area contributed by atoms with E-state index in [0.29, 0.717) is 17.7 Å². The highest BCUT2D eigenvalue weighted by molar-refractivity contribution is 5.25. The molecule has 1 aliphatic carbocycles. The predicted octanol–water partition coefficient (Wildman–Crippen LogP) is 1.51. The van der Waals surface area contributed by atoms with E-state index < -0.39 is 0 Å². The van der Waals surface area contributed by atoms with E-state index in [0.717, 1.165) is 18.7 Å². The molecule has 1 aromatic heterocycles. The van der Waals surface area contributed by atoms with Gasteiger partial charge in [-0.05, 0) is 50.0 Å². The molecule has 96 valence electrons. The average Bonchev–Trinajstić information content (AvgIpc) is 2.87. The molecule has 0 saturated heterocycles. The molecule has 0 radical (unpaired) electrons. The van der Waals surface area contributed by atoms with E-state index >= 15 is 0 Å². The molecule has 1 aliphatic rings. The third-order valence-electron chi connectivity index (χ3n) is 3.86. The van der Waals surface area contributed by atoms with Gasteiger partial charge in [0, 0.05) is 18.8 Å². The van der Waals surface area contributed by atoms with Gasteiger partial charge < -0.3 is 5.73 Å². The van der Waals surface area contributed by atoms with Gasteiger partial charge in [0.05, 0.1) is 0 Å². The number of nitrogens with two attached hydrogens (primary N) is 1. The normalized spacial score (nSPS) is 23.2. The summed E-state index contributed by atoms with van der Waals surface area (Å²) in [5.74, 6) is 0.618. The Hall–Kier alpha value is -1.44. The van der Waals surface area contributed by atoms with Crippen molar-refractivity contribution in [2.75, 3.05) is 13.6 Å². The second kappa shape index (κ2) is 5.94. The third kappa shape index (κ3) is 2.87. The maximum absolute atomic E-state index is 8.85. The molecule has 4 heteroatoms. The molecule has 0 aliphatic heterocycles. The summed E-state index contributed by atoms with van der Waals surface area (Å²) in [4.78, 5) is 6.36. The molecular weight excluding hydrogens is 224 g/mol. The minimum Gasteiger partial charge on any atom is -0.330 e. The molecule has 0 amide bonds. The van der Waals surface area contributed by atoms with Gasteiger partial charge in [-0.2, -0.15) is 5.26 Å². The summed E-state index contributed by atoms with van der Waals surface area (Å²) in [7, 11) is 2.14.